The number of sulfonamides is 1. The minimum Gasteiger partial charge on any atom is -0.463 e. The summed E-state index contributed by atoms with van der Waals surface area (Å²) in [7, 11) is -3.86. The Labute approximate surface area is 161 Å². The molecule has 0 saturated carbocycles. The van der Waals surface area contributed by atoms with E-state index in [9.17, 15) is 13.2 Å². The molecule has 0 heterocycles. The van der Waals surface area contributed by atoms with E-state index in [2.05, 4.69) is 0 Å². The fourth-order valence-corrected chi connectivity index (χ4v) is 4.14. The smallest absolute Gasteiger partial charge is 0.335 e. The van der Waals surface area contributed by atoms with Crippen LogP contribution in [0.15, 0.2) is 65.1 Å². The molecule has 5 nitrogen and oxygen atoms in total. The van der Waals surface area contributed by atoms with Crippen molar-refractivity contribution in [1.29, 1.82) is 0 Å². The fraction of sp³-hybridized carbons (Fsp3) is 0.286. The molecule has 0 aliphatic heterocycles. The number of benzene rings is 2. The third-order valence-corrected chi connectivity index (χ3v) is 5.97. The Morgan fingerprint density at radius 1 is 1.07 bits per heavy atom. The Morgan fingerprint density at radius 3 is 2.26 bits per heavy atom. The Kier molecular flexibility index (Phi) is 6.80. The molecule has 0 spiro atoms. The van der Waals surface area contributed by atoms with Gasteiger partial charge in [-0.2, -0.15) is 0 Å². The quantitative estimate of drug-likeness (QED) is 0.532. The maximum atomic E-state index is 13.4. The molecule has 6 heteroatoms. The number of hydrogen-bond donors (Lipinski definition) is 0. The van der Waals surface area contributed by atoms with Crippen LogP contribution in [0, 0.1) is 13.8 Å². The van der Waals surface area contributed by atoms with E-state index >= 15 is 0 Å². The molecule has 0 amide bonds. The van der Waals surface area contributed by atoms with Crippen LogP contribution in [-0.2, 0) is 19.6 Å². The topological polar surface area (TPSA) is 63.7 Å². The lowest BCUT2D eigenvalue weighted by Gasteiger charge is -2.26. The Bertz CT molecular complexity index is 931. The van der Waals surface area contributed by atoms with Crippen LogP contribution in [0.25, 0.3) is 0 Å². The van der Waals surface area contributed by atoms with Gasteiger partial charge in [0, 0.05) is 0 Å². The highest BCUT2D eigenvalue weighted by Crippen LogP contribution is 2.28. The van der Waals surface area contributed by atoms with Crippen molar-refractivity contribution in [2.24, 2.45) is 0 Å². The largest absolute Gasteiger partial charge is 0.463 e. The summed E-state index contributed by atoms with van der Waals surface area (Å²) < 4.78 is 33.1. The Morgan fingerprint density at radius 2 is 1.70 bits per heavy atom. The highest BCUT2D eigenvalue weighted by atomic mass is 32.2. The molecule has 0 aliphatic rings. The third-order valence-electron chi connectivity index (χ3n) is 4.19. The van der Waals surface area contributed by atoms with Crippen molar-refractivity contribution < 1.29 is 17.9 Å². The number of rotatable bonds is 7. The van der Waals surface area contributed by atoms with Crippen LogP contribution >= 0.6 is 0 Å². The lowest BCUT2D eigenvalue weighted by atomic mass is 10.2. The summed E-state index contributed by atoms with van der Waals surface area (Å²) in [6.45, 7) is 7.27. The fourth-order valence-electron chi connectivity index (χ4n) is 2.63. The van der Waals surface area contributed by atoms with Gasteiger partial charge in [0.2, 0.25) is 0 Å². The molecule has 0 aliphatic carbocycles. The molecule has 0 fully saturated rings. The third kappa shape index (κ3) is 4.77. The van der Waals surface area contributed by atoms with Crippen molar-refractivity contribution in [1.82, 2.24) is 0 Å². The van der Waals surface area contributed by atoms with Crippen LogP contribution in [0.5, 0.6) is 0 Å². The number of esters is 1. The minimum atomic E-state index is -3.86. The van der Waals surface area contributed by atoms with Crippen molar-refractivity contribution in [2.45, 2.75) is 32.6 Å². The average Bonchev–Trinajstić information content (AvgIpc) is 2.64. The molecule has 2 aromatic carbocycles. The molecule has 0 bridgehead atoms. The van der Waals surface area contributed by atoms with Crippen molar-refractivity contribution >= 4 is 21.7 Å². The second-order valence-electron chi connectivity index (χ2n) is 6.15. The van der Waals surface area contributed by atoms with Gasteiger partial charge in [-0.15, -0.1) is 0 Å². The van der Waals surface area contributed by atoms with Crippen molar-refractivity contribution in [3.63, 3.8) is 0 Å². The van der Waals surface area contributed by atoms with Crippen LogP contribution in [0.2, 0.25) is 0 Å². The first-order chi connectivity index (χ1) is 12.8. The highest BCUT2D eigenvalue weighted by molar-refractivity contribution is 7.92. The summed E-state index contributed by atoms with van der Waals surface area (Å²) in [6, 6.07) is 13.9. The van der Waals surface area contributed by atoms with Gasteiger partial charge < -0.3 is 4.74 Å². The molecule has 2 aromatic rings. The van der Waals surface area contributed by atoms with Crippen LogP contribution in [0.1, 0.15) is 25.0 Å². The average molecular weight is 388 g/mol. The zero-order valence-electron chi connectivity index (χ0n) is 16.1. The number of nitrogens with zero attached hydrogens (tertiary/aromatic N) is 1. The number of carbonyl (C=O) groups excluding carboxylic acids is 1. The molecule has 0 saturated heterocycles. The molecular weight excluding hydrogens is 362 g/mol. The molecule has 0 atom stereocenters. The minimum absolute atomic E-state index is 0.101. The summed E-state index contributed by atoms with van der Waals surface area (Å²) in [5.74, 6) is -0.516. The summed E-state index contributed by atoms with van der Waals surface area (Å²) in [5.41, 5.74) is 2.59. The van der Waals surface area contributed by atoms with Crippen LogP contribution in [0.4, 0.5) is 5.69 Å². The van der Waals surface area contributed by atoms with Crippen molar-refractivity contribution in [3.05, 3.63) is 71.3 Å². The van der Waals surface area contributed by atoms with Gasteiger partial charge in [0.15, 0.2) is 0 Å². The van der Waals surface area contributed by atoms with E-state index < -0.39 is 16.0 Å². The highest BCUT2D eigenvalue weighted by Gasteiger charge is 2.28. The van der Waals surface area contributed by atoms with E-state index in [1.54, 1.807) is 56.3 Å². The predicted molar refractivity (Wildman–Crippen MR) is 107 cm³/mol. The van der Waals surface area contributed by atoms with E-state index in [0.717, 1.165) is 11.1 Å². The van der Waals surface area contributed by atoms with E-state index in [1.807, 2.05) is 26.0 Å². The van der Waals surface area contributed by atoms with Gasteiger partial charge in [-0.25, -0.2) is 13.2 Å². The zero-order chi connectivity index (χ0) is 20.0. The number of hydrogen-bond acceptors (Lipinski definition) is 4. The number of ether oxygens (including phenoxy) is 1. The maximum absolute atomic E-state index is 13.4. The summed E-state index contributed by atoms with van der Waals surface area (Å²) in [6.07, 6.45) is 1.59. The van der Waals surface area contributed by atoms with Gasteiger partial charge in [0.25, 0.3) is 10.0 Å². The van der Waals surface area contributed by atoms with Crippen molar-refractivity contribution in [3.8, 4) is 0 Å². The van der Waals surface area contributed by atoms with Gasteiger partial charge in [0.05, 0.1) is 29.3 Å². The molecule has 2 rings (SSSR count). The molecule has 0 N–H and O–H groups in total. The molecule has 144 valence electrons. The number of anilines is 1. The van der Waals surface area contributed by atoms with E-state index in [4.69, 9.17) is 4.74 Å². The number of aryl methyl sites for hydroxylation is 2. The number of allylic oxidation sites excluding steroid dienone is 1. The van der Waals surface area contributed by atoms with E-state index in [0.29, 0.717) is 5.69 Å². The standard InChI is InChI=1S/C21H25NO4S/c1-5-18(21(23)26-6-2)15-22(20-10-8-7-9-17(20)4)27(24,25)19-13-11-16(3)12-14-19/h5,7-14H,6,15H2,1-4H3/b18-5+. The van der Waals surface area contributed by atoms with Crippen LogP contribution in [0.3, 0.4) is 0 Å². The Balaban J connectivity index is 2.55. The second-order valence-corrected chi connectivity index (χ2v) is 8.01. The first-order valence-electron chi connectivity index (χ1n) is 8.78. The monoisotopic (exact) mass is 387 g/mol. The van der Waals surface area contributed by atoms with Crippen LogP contribution in [-0.4, -0.2) is 27.5 Å². The second kappa shape index (κ2) is 8.86. The van der Waals surface area contributed by atoms with Gasteiger partial charge in [-0.05, 0) is 51.5 Å². The Hall–Kier alpha value is -2.60. The first kappa shape index (κ1) is 20.7. The van der Waals surface area contributed by atoms with Gasteiger partial charge >= 0.3 is 5.97 Å². The SMILES string of the molecule is C/C=C(\CN(c1ccccc1C)S(=O)(=O)c1ccc(C)cc1)C(=O)OCC. The van der Waals surface area contributed by atoms with E-state index in [-0.39, 0.29) is 23.6 Å². The summed E-state index contributed by atoms with van der Waals surface area (Å²) in [5, 5.41) is 0. The molecule has 0 unspecified atom stereocenters. The summed E-state index contributed by atoms with van der Waals surface area (Å²) >= 11 is 0. The van der Waals surface area contributed by atoms with Gasteiger partial charge in [-0.3, -0.25) is 4.31 Å². The molecule has 0 aromatic heterocycles. The lowest BCUT2D eigenvalue weighted by molar-refractivity contribution is -0.138. The lowest BCUT2D eigenvalue weighted by Crippen LogP contribution is -2.35. The number of carbonyl (C=O) groups is 1. The molecular formula is C21H25NO4S. The maximum Gasteiger partial charge on any atom is 0.335 e. The van der Waals surface area contributed by atoms with Gasteiger partial charge in [-0.1, -0.05) is 42.0 Å². The molecule has 0 radical (unpaired) electrons. The normalized spacial score (nSPS) is 11.9. The first-order valence-corrected chi connectivity index (χ1v) is 10.2. The summed E-state index contributed by atoms with van der Waals surface area (Å²) in [4.78, 5) is 12.4. The zero-order valence-corrected chi connectivity index (χ0v) is 16.9. The van der Waals surface area contributed by atoms with E-state index in [1.165, 1.54) is 4.31 Å². The van der Waals surface area contributed by atoms with Crippen molar-refractivity contribution in [2.75, 3.05) is 17.5 Å². The van der Waals surface area contributed by atoms with Gasteiger partial charge in [0.1, 0.15) is 0 Å². The molecule has 27 heavy (non-hydrogen) atoms. The van der Waals surface area contributed by atoms with Crippen LogP contribution < -0.4 is 4.31 Å². The number of para-hydroxylation sites is 1. The predicted octanol–water partition coefficient (Wildman–Crippen LogP) is 4.01.